The van der Waals surface area contributed by atoms with Gasteiger partial charge in [-0.1, -0.05) is 47.5 Å². The molecule has 6 rings (SSSR count). The molecule has 0 saturated heterocycles. The quantitative estimate of drug-likeness (QED) is 0.322. The summed E-state index contributed by atoms with van der Waals surface area (Å²) in [5.41, 5.74) is 6.68. The number of fused-ring (bicyclic) bond motifs is 1. The van der Waals surface area contributed by atoms with Crippen LogP contribution in [0.25, 0.3) is 11.3 Å². The van der Waals surface area contributed by atoms with E-state index in [0.29, 0.717) is 28.5 Å². The van der Waals surface area contributed by atoms with Crippen LogP contribution >= 0.6 is 23.2 Å². The Bertz CT molecular complexity index is 1240. The molecule has 0 spiro atoms. The third kappa shape index (κ3) is 4.79. The van der Waals surface area contributed by atoms with Gasteiger partial charge in [0, 0.05) is 42.1 Å². The molecule has 2 saturated carbocycles. The minimum atomic E-state index is 0.131. The van der Waals surface area contributed by atoms with Crippen molar-refractivity contribution in [2.24, 2.45) is 0 Å². The van der Waals surface area contributed by atoms with E-state index in [1.807, 2.05) is 12.1 Å². The first-order valence-electron chi connectivity index (χ1n) is 12.6. The molecule has 2 unspecified atom stereocenters. The molecule has 0 radical (unpaired) electrons. The number of nitrogens with zero attached hydrogens (tertiary/aromatic N) is 2. The van der Waals surface area contributed by atoms with Gasteiger partial charge in [-0.3, -0.25) is 0 Å². The van der Waals surface area contributed by atoms with Crippen molar-refractivity contribution in [1.29, 1.82) is 0 Å². The molecule has 5 nitrogen and oxygen atoms in total. The highest BCUT2D eigenvalue weighted by Gasteiger charge is 2.37. The van der Waals surface area contributed by atoms with E-state index in [0.717, 1.165) is 67.1 Å². The molecule has 2 fully saturated rings. The lowest BCUT2D eigenvalue weighted by Gasteiger charge is -2.25. The molecule has 0 bridgehead atoms. The molecule has 2 atom stereocenters. The summed E-state index contributed by atoms with van der Waals surface area (Å²) in [7, 11) is 1.74. The number of nitrogens with one attached hydrogen (secondary N) is 2. The van der Waals surface area contributed by atoms with E-state index in [9.17, 15) is 0 Å². The Labute approximate surface area is 216 Å². The Hall–Kier alpha value is -2.18. The van der Waals surface area contributed by atoms with E-state index in [4.69, 9.17) is 37.9 Å². The fourth-order valence-electron chi connectivity index (χ4n) is 5.19. The van der Waals surface area contributed by atoms with Crippen LogP contribution in [-0.4, -0.2) is 36.3 Å². The van der Waals surface area contributed by atoms with Gasteiger partial charge in [-0.2, -0.15) is 0 Å². The van der Waals surface area contributed by atoms with Crippen LogP contribution in [0.3, 0.4) is 0 Å². The summed E-state index contributed by atoms with van der Waals surface area (Å²) in [6.45, 7) is 1.50. The monoisotopic (exact) mass is 508 g/mol. The topological polar surface area (TPSA) is 59.1 Å². The van der Waals surface area contributed by atoms with Crippen molar-refractivity contribution < 1.29 is 4.74 Å². The van der Waals surface area contributed by atoms with Crippen molar-refractivity contribution >= 4 is 29.0 Å². The number of anilines is 1. The zero-order valence-electron chi connectivity index (χ0n) is 19.9. The van der Waals surface area contributed by atoms with Crippen molar-refractivity contribution in [2.45, 2.75) is 56.0 Å². The second kappa shape index (κ2) is 9.70. The van der Waals surface area contributed by atoms with Crippen LogP contribution in [0.15, 0.2) is 42.5 Å². The van der Waals surface area contributed by atoms with E-state index in [2.05, 4.69) is 34.9 Å². The van der Waals surface area contributed by atoms with Gasteiger partial charge in [-0.25, -0.2) is 9.97 Å². The highest BCUT2D eigenvalue weighted by Crippen LogP contribution is 2.49. The largest absolute Gasteiger partial charge is 0.383 e. The summed E-state index contributed by atoms with van der Waals surface area (Å²) in [5, 5.41) is 8.82. The summed E-state index contributed by atoms with van der Waals surface area (Å²) in [4.78, 5) is 10.5. The van der Waals surface area contributed by atoms with Crippen LogP contribution < -0.4 is 10.6 Å². The number of hydrogen-bond donors (Lipinski definition) is 2. The van der Waals surface area contributed by atoms with Crippen molar-refractivity contribution in [2.75, 3.05) is 25.6 Å². The number of aromatic nitrogens is 2. The lowest BCUT2D eigenvalue weighted by atomic mass is 10.0. The lowest BCUT2D eigenvalue weighted by Crippen LogP contribution is -2.38. The van der Waals surface area contributed by atoms with E-state index in [1.54, 1.807) is 13.2 Å². The van der Waals surface area contributed by atoms with Gasteiger partial charge in [0.25, 0.3) is 0 Å². The van der Waals surface area contributed by atoms with E-state index >= 15 is 0 Å². The minimum Gasteiger partial charge on any atom is -0.383 e. The molecule has 7 heteroatoms. The Morgan fingerprint density at radius 3 is 2.49 bits per heavy atom. The van der Waals surface area contributed by atoms with Gasteiger partial charge in [-0.05, 0) is 61.4 Å². The number of ether oxygens (including phenoxy) is 1. The molecular weight excluding hydrogens is 479 g/mol. The fourth-order valence-corrected chi connectivity index (χ4v) is 5.69. The number of halogens is 2. The van der Waals surface area contributed by atoms with Crippen LogP contribution in [0.1, 0.15) is 66.1 Å². The predicted octanol–water partition coefficient (Wildman–Crippen LogP) is 6.52. The molecule has 1 aromatic heterocycles. The zero-order chi connectivity index (χ0) is 23.9. The fraction of sp³-hybridized carbons (Fsp3) is 0.429. The number of hydrogen-bond acceptors (Lipinski definition) is 5. The Kier molecular flexibility index (Phi) is 6.44. The molecule has 3 aliphatic rings. The molecule has 3 aromatic rings. The smallest absolute Gasteiger partial charge is 0.148 e. The van der Waals surface area contributed by atoms with Crippen molar-refractivity contribution in [3.05, 3.63) is 75.0 Å². The van der Waals surface area contributed by atoms with Crippen molar-refractivity contribution in [3.63, 3.8) is 0 Å². The maximum Gasteiger partial charge on any atom is 0.148 e. The molecule has 35 heavy (non-hydrogen) atoms. The maximum atomic E-state index is 6.64. The van der Waals surface area contributed by atoms with Crippen LogP contribution in [0, 0.1) is 0 Å². The van der Waals surface area contributed by atoms with Gasteiger partial charge in [0.05, 0.1) is 34.8 Å². The number of rotatable bonds is 9. The van der Waals surface area contributed by atoms with Gasteiger partial charge in [-0.15, -0.1) is 0 Å². The molecule has 1 heterocycles. The minimum absolute atomic E-state index is 0.131. The van der Waals surface area contributed by atoms with E-state index in [1.165, 1.54) is 11.1 Å². The highest BCUT2D eigenvalue weighted by atomic mass is 35.5. The molecule has 0 amide bonds. The molecule has 0 aliphatic heterocycles. The summed E-state index contributed by atoms with van der Waals surface area (Å²) >= 11 is 12.8. The third-order valence-electron chi connectivity index (χ3n) is 7.30. The zero-order valence-corrected chi connectivity index (χ0v) is 21.4. The van der Waals surface area contributed by atoms with Crippen LogP contribution in [0.5, 0.6) is 0 Å². The van der Waals surface area contributed by atoms with Gasteiger partial charge in [0.1, 0.15) is 5.82 Å². The first-order valence-corrected chi connectivity index (χ1v) is 13.3. The first kappa shape index (κ1) is 23.2. The van der Waals surface area contributed by atoms with Gasteiger partial charge in [0.15, 0.2) is 0 Å². The molecular formula is C28H30Cl2N4O. The Balaban J connectivity index is 1.40. The highest BCUT2D eigenvalue weighted by molar-refractivity contribution is 6.36. The van der Waals surface area contributed by atoms with Crippen molar-refractivity contribution in [3.8, 4) is 11.3 Å². The maximum absolute atomic E-state index is 6.64. The standard InChI is InChI=1S/C28H30Cl2N4O/c1-35-13-12-31-23-14-18-4-2-3-5-20(18)26(23)34-28-25(17-8-9-17)32-27(24(33-28)16-6-7-16)21-11-10-19(29)15-22(21)30/h2-5,10-11,15-17,23,26,31H,6-9,12-14H2,1H3,(H,33,34). The third-order valence-corrected chi connectivity index (χ3v) is 7.85. The van der Waals surface area contributed by atoms with Gasteiger partial charge in [0.2, 0.25) is 0 Å². The normalized spacial score (nSPS) is 21.2. The average Bonchev–Trinajstić information content (AvgIpc) is 3.77. The second-order valence-electron chi connectivity index (χ2n) is 9.94. The van der Waals surface area contributed by atoms with Crippen molar-refractivity contribution in [1.82, 2.24) is 15.3 Å². The Morgan fingerprint density at radius 1 is 0.971 bits per heavy atom. The van der Waals surface area contributed by atoms with Crippen LogP contribution in [0.2, 0.25) is 10.0 Å². The average molecular weight is 509 g/mol. The first-order chi connectivity index (χ1) is 17.1. The summed E-state index contributed by atoms with van der Waals surface area (Å²) in [5.74, 6) is 1.81. The summed E-state index contributed by atoms with van der Waals surface area (Å²) in [6.07, 6.45) is 5.57. The van der Waals surface area contributed by atoms with Gasteiger partial charge < -0.3 is 15.4 Å². The lowest BCUT2D eigenvalue weighted by molar-refractivity contribution is 0.195. The molecule has 2 N–H and O–H groups in total. The summed E-state index contributed by atoms with van der Waals surface area (Å²) in [6, 6.07) is 14.8. The van der Waals surface area contributed by atoms with E-state index < -0.39 is 0 Å². The SMILES string of the molecule is COCCNC1Cc2ccccc2C1Nc1nc(C2CC2)c(-c2ccc(Cl)cc2Cl)nc1C1CC1. The number of methoxy groups -OCH3 is 1. The number of benzene rings is 2. The molecule has 3 aliphatic carbocycles. The van der Waals surface area contributed by atoms with Gasteiger partial charge >= 0.3 is 0 Å². The molecule has 2 aromatic carbocycles. The Morgan fingerprint density at radius 2 is 1.74 bits per heavy atom. The second-order valence-corrected chi connectivity index (χ2v) is 10.8. The van der Waals surface area contributed by atoms with E-state index in [-0.39, 0.29) is 12.1 Å². The predicted molar refractivity (Wildman–Crippen MR) is 142 cm³/mol. The summed E-state index contributed by atoms with van der Waals surface area (Å²) < 4.78 is 5.29. The van der Waals surface area contributed by atoms with Crippen LogP contribution in [0.4, 0.5) is 5.82 Å². The van der Waals surface area contributed by atoms with Crippen LogP contribution in [-0.2, 0) is 11.2 Å². The molecule has 182 valence electrons.